The van der Waals surface area contributed by atoms with Crippen molar-refractivity contribution in [3.05, 3.63) is 135 Å². The fourth-order valence-corrected chi connectivity index (χ4v) is 7.96. The van der Waals surface area contributed by atoms with Crippen LogP contribution in [0.25, 0.3) is 28.0 Å². The lowest BCUT2D eigenvalue weighted by molar-refractivity contribution is -0.384. The Balaban J connectivity index is 1.14. The number of nitrogens with two attached hydrogens (primary N) is 2. The van der Waals surface area contributed by atoms with Gasteiger partial charge >= 0.3 is 0 Å². The van der Waals surface area contributed by atoms with Gasteiger partial charge in [0.05, 0.1) is 43.8 Å². The molecule has 1 aliphatic rings. The Morgan fingerprint density at radius 1 is 0.645 bits per heavy atom. The molecule has 0 amide bonds. The molecule has 7 rings (SSSR count). The number of nitro benzene ring substituents is 1. The highest BCUT2D eigenvalue weighted by Gasteiger charge is 2.37. The molecule has 0 aliphatic heterocycles. The molecule has 0 spiro atoms. The van der Waals surface area contributed by atoms with E-state index in [1.165, 1.54) is 30.3 Å². The van der Waals surface area contributed by atoms with Crippen molar-refractivity contribution in [1.29, 1.82) is 0 Å². The van der Waals surface area contributed by atoms with Gasteiger partial charge in [-0.05, 0) is 89.5 Å². The maximum Gasteiger partial charge on any atom is 0.296 e. The van der Waals surface area contributed by atoms with Gasteiger partial charge in [0.25, 0.3) is 36.0 Å². The quantitative estimate of drug-likeness (QED) is 0.0237. The minimum atomic E-state index is -5.19. The average Bonchev–Trinajstić information content (AvgIpc) is 3.22. The third-order valence-electron chi connectivity index (χ3n) is 9.13. The Morgan fingerprint density at radius 3 is 1.82 bits per heavy atom. The molecule has 0 heterocycles. The number of nitrogens with zero attached hydrogens (tertiary/aromatic N) is 6. The number of allylic oxidation sites excluding steroid dienone is 1. The van der Waals surface area contributed by atoms with Gasteiger partial charge in [-0.15, -0.1) is 10.2 Å². The molecule has 21 nitrogen and oxygen atoms in total. The SMILES string of the molecule is Nc1c(N=Nc2ccc([N+](=O)[O-])cc2)c(S(=O)(=O)O)cc2c1C(=O)/C(=N\Nc1ccc(-c3ccc(N=Nc4ccc(N)c5ccc(S(=O)(=O)O)cc45)cc3)cc1)C(S(=O)(=O)O)=C2. The number of azo groups is 2. The highest BCUT2D eigenvalue weighted by Crippen LogP contribution is 2.41. The summed E-state index contributed by atoms with van der Waals surface area (Å²) in [5.74, 6) is -1.19. The number of carbonyl (C=O) groups is 1. The van der Waals surface area contributed by atoms with Crippen molar-refractivity contribution in [2.45, 2.75) is 9.79 Å². The van der Waals surface area contributed by atoms with Gasteiger partial charge in [0.1, 0.15) is 15.5 Å². The molecule has 6 aromatic carbocycles. The summed E-state index contributed by atoms with van der Waals surface area (Å²) < 4.78 is 103. The van der Waals surface area contributed by atoms with Crippen LogP contribution in [0.15, 0.2) is 149 Å². The maximum atomic E-state index is 13.9. The fraction of sp³-hybridized carbons (Fsp3) is 0. The van der Waals surface area contributed by atoms with E-state index in [-0.39, 0.29) is 22.0 Å². The zero-order valence-electron chi connectivity index (χ0n) is 31.0. The van der Waals surface area contributed by atoms with Crippen molar-refractivity contribution in [2.75, 3.05) is 16.9 Å². The number of non-ortho nitro benzene ring substituents is 1. The predicted molar refractivity (Wildman–Crippen MR) is 227 cm³/mol. The number of benzene rings is 6. The van der Waals surface area contributed by atoms with Gasteiger partial charge in [-0.2, -0.15) is 40.6 Å². The number of Topliss-reactive ketones (excluding diaryl/α,β-unsaturated/α-hetero) is 1. The molecular weight excluding hydrogens is 871 g/mol. The lowest BCUT2D eigenvalue weighted by Crippen LogP contribution is -2.28. The van der Waals surface area contributed by atoms with Gasteiger partial charge in [-0.25, -0.2) is 0 Å². The van der Waals surface area contributed by atoms with Gasteiger partial charge in [0.2, 0.25) is 5.78 Å². The number of hydrogen-bond donors (Lipinski definition) is 6. The van der Waals surface area contributed by atoms with E-state index in [0.29, 0.717) is 39.5 Å². The molecule has 1 aliphatic carbocycles. The molecule has 0 saturated heterocycles. The van der Waals surface area contributed by atoms with Crippen LogP contribution in [-0.4, -0.2) is 55.3 Å². The standard InChI is InChI=1S/C38H27N9O12S3/c39-30-15-16-31(29-19-27(60(51,52)53)13-14-28(29)30)44-41-23-5-1-20(2-6-23)21-3-7-24(8-4-21)43-46-37-33(62(57,58)59)18-22-17-32(61(54,55)56)36(35(40)34(22)38(37)48)45-42-25-9-11-26(12-10-25)47(49)50/h1-19,43H,39-40H2,(H,51,52,53)(H,54,55,56)(H,57,58,59)/b44-41?,45-42?,46-37-. The number of hydrogen-bond acceptors (Lipinski definition) is 17. The molecule has 314 valence electrons. The lowest BCUT2D eigenvalue weighted by atomic mass is 9.92. The Labute approximate surface area is 350 Å². The predicted octanol–water partition coefficient (Wildman–Crippen LogP) is 7.80. The Bertz CT molecular complexity index is 3340. The van der Waals surface area contributed by atoms with Crippen LogP contribution in [0, 0.1) is 10.1 Å². The highest BCUT2D eigenvalue weighted by molar-refractivity contribution is 7.91. The van der Waals surface area contributed by atoms with Crippen LogP contribution in [0.4, 0.5) is 45.5 Å². The van der Waals surface area contributed by atoms with Crippen LogP contribution < -0.4 is 16.9 Å². The summed E-state index contributed by atoms with van der Waals surface area (Å²) in [7, 11) is -14.8. The van der Waals surface area contributed by atoms with Crippen LogP contribution in [0.5, 0.6) is 0 Å². The van der Waals surface area contributed by atoms with Crippen molar-refractivity contribution in [3.63, 3.8) is 0 Å². The average molecular weight is 898 g/mol. The Kier molecular flexibility index (Phi) is 11.0. The topological polar surface area (TPSA) is 349 Å². The molecule has 0 unspecified atom stereocenters. The van der Waals surface area contributed by atoms with Crippen molar-refractivity contribution >= 4 is 104 Å². The number of nitro groups is 1. The first kappa shape index (κ1) is 42.5. The summed E-state index contributed by atoms with van der Waals surface area (Å²) in [6, 6.07) is 25.6. The van der Waals surface area contributed by atoms with E-state index < -0.39 is 79.1 Å². The molecule has 24 heteroatoms. The number of fused-ring (bicyclic) bond motifs is 2. The Hall–Kier alpha value is -7.61. The molecular formula is C38H27N9O12S3. The zero-order chi connectivity index (χ0) is 44.7. The first-order chi connectivity index (χ1) is 29.2. The van der Waals surface area contributed by atoms with Crippen molar-refractivity contribution in [1.82, 2.24) is 0 Å². The second kappa shape index (κ2) is 16.1. The maximum absolute atomic E-state index is 13.9. The lowest BCUT2D eigenvalue weighted by Gasteiger charge is -2.20. The van der Waals surface area contributed by atoms with E-state index in [0.717, 1.165) is 23.8 Å². The molecule has 8 N–H and O–H groups in total. The van der Waals surface area contributed by atoms with E-state index in [1.807, 2.05) is 0 Å². The van der Waals surface area contributed by atoms with E-state index in [1.54, 1.807) is 60.7 Å². The van der Waals surface area contributed by atoms with Crippen molar-refractivity contribution in [2.24, 2.45) is 25.6 Å². The number of hydrazone groups is 1. The summed E-state index contributed by atoms with van der Waals surface area (Å²) >= 11 is 0. The molecule has 0 aromatic heterocycles. The first-order valence-electron chi connectivity index (χ1n) is 17.3. The van der Waals surface area contributed by atoms with Crippen molar-refractivity contribution < 1.29 is 48.6 Å². The van der Waals surface area contributed by atoms with Crippen LogP contribution in [0.1, 0.15) is 15.9 Å². The van der Waals surface area contributed by atoms with Gasteiger partial charge in [-0.3, -0.25) is 34.0 Å². The highest BCUT2D eigenvalue weighted by atomic mass is 32.2. The summed E-state index contributed by atoms with van der Waals surface area (Å²) in [4.78, 5) is 21.9. The van der Waals surface area contributed by atoms with Gasteiger partial charge in [0, 0.05) is 28.6 Å². The molecule has 0 bridgehead atoms. The van der Waals surface area contributed by atoms with Crippen LogP contribution >= 0.6 is 0 Å². The van der Waals surface area contributed by atoms with Gasteiger partial charge in [0.15, 0.2) is 5.71 Å². The number of rotatable bonds is 11. The largest absolute Gasteiger partial charge is 0.398 e. The number of nitrogens with one attached hydrogen (secondary N) is 1. The number of nitrogen functional groups attached to an aromatic ring is 2. The van der Waals surface area contributed by atoms with Gasteiger partial charge in [-0.1, -0.05) is 30.3 Å². The molecule has 62 heavy (non-hydrogen) atoms. The molecule has 6 aromatic rings. The first-order valence-corrected chi connectivity index (χ1v) is 21.6. The minimum Gasteiger partial charge on any atom is -0.398 e. The van der Waals surface area contributed by atoms with Crippen LogP contribution in [0.3, 0.4) is 0 Å². The van der Waals surface area contributed by atoms with Crippen LogP contribution in [0.2, 0.25) is 0 Å². The smallest absolute Gasteiger partial charge is 0.296 e. The molecule has 0 radical (unpaired) electrons. The van der Waals surface area contributed by atoms with E-state index >= 15 is 0 Å². The molecule has 0 atom stereocenters. The van der Waals surface area contributed by atoms with E-state index in [9.17, 15) is 53.8 Å². The molecule has 0 saturated carbocycles. The van der Waals surface area contributed by atoms with E-state index in [2.05, 4.69) is 31.0 Å². The summed E-state index contributed by atoms with van der Waals surface area (Å²) in [6.45, 7) is 0. The second-order valence-corrected chi connectivity index (χ2v) is 17.3. The number of anilines is 3. The monoisotopic (exact) mass is 897 g/mol. The van der Waals surface area contributed by atoms with E-state index in [4.69, 9.17) is 11.5 Å². The fourth-order valence-electron chi connectivity index (χ4n) is 6.12. The second-order valence-electron chi connectivity index (χ2n) is 13.1. The summed E-state index contributed by atoms with van der Waals surface area (Å²) in [6.07, 6.45) is 0.735. The third kappa shape index (κ3) is 8.80. The van der Waals surface area contributed by atoms with Gasteiger partial charge < -0.3 is 11.5 Å². The normalized spacial score (nSPS) is 14.1. The third-order valence-corrected chi connectivity index (χ3v) is 11.7. The summed E-state index contributed by atoms with van der Waals surface area (Å²) in [5.41, 5.74) is 14.2. The minimum absolute atomic E-state index is 0.00265. The zero-order valence-corrected chi connectivity index (χ0v) is 33.5. The molecule has 0 fully saturated rings. The van der Waals surface area contributed by atoms with Crippen LogP contribution in [-0.2, 0) is 30.4 Å². The van der Waals surface area contributed by atoms with Crippen molar-refractivity contribution in [3.8, 4) is 11.1 Å². The Morgan fingerprint density at radius 2 is 1.24 bits per heavy atom. The number of ketones is 1. The number of carbonyl (C=O) groups excluding carboxylic acids is 1. The summed E-state index contributed by atoms with van der Waals surface area (Å²) in [5, 5.41) is 31.9.